The smallest absolute Gasteiger partial charge is 0.305 e. The van der Waals surface area contributed by atoms with Gasteiger partial charge in [0.25, 0.3) is 0 Å². The van der Waals surface area contributed by atoms with Crippen LogP contribution in [0, 0.1) is 29.6 Å². The van der Waals surface area contributed by atoms with Crippen LogP contribution in [0.25, 0.3) is 0 Å². The maximum absolute atomic E-state index is 13.5. The second-order valence-electron chi connectivity index (χ2n) is 10.0. The molecule has 2 N–H and O–H groups in total. The lowest BCUT2D eigenvalue weighted by molar-refractivity contribution is -0.141. The number of fused-ring (bicyclic) bond motifs is 9. The number of imide groups is 1. The number of carbonyl (C=O) groups is 3. The molecule has 0 radical (unpaired) electrons. The SMILES string of the molecule is O=C(O)CCCCCN1C(=O)C2C3CC(C2C1=O)C1C(c2ccc(Br)cc2)c2sc(=O)[nH]c2SC31. The van der Waals surface area contributed by atoms with E-state index < -0.39 is 5.97 Å². The number of unbranched alkanes of at least 4 members (excludes halogenated alkanes) is 2. The lowest BCUT2D eigenvalue weighted by Gasteiger charge is -2.43. The van der Waals surface area contributed by atoms with Gasteiger partial charge >= 0.3 is 10.8 Å². The number of halogens is 1. The average Bonchev–Trinajstić information content (AvgIpc) is 3.54. The summed E-state index contributed by atoms with van der Waals surface area (Å²) in [6, 6.07) is 8.25. The van der Waals surface area contributed by atoms with Crippen LogP contribution < -0.4 is 4.87 Å². The molecule has 4 aliphatic rings. The second-order valence-corrected chi connectivity index (χ2v) is 13.2. The van der Waals surface area contributed by atoms with Crippen molar-refractivity contribution in [1.29, 1.82) is 0 Å². The summed E-state index contributed by atoms with van der Waals surface area (Å²) >= 11 is 6.49. The Morgan fingerprint density at radius 1 is 1.06 bits per heavy atom. The summed E-state index contributed by atoms with van der Waals surface area (Å²) in [6.45, 7) is 0.378. The first-order chi connectivity index (χ1) is 16.8. The van der Waals surface area contributed by atoms with Gasteiger partial charge in [-0.2, -0.15) is 0 Å². The lowest BCUT2D eigenvalue weighted by Crippen LogP contribution is -2.42. The van der Waals surface area contributed by atoms with Crippen molar-refractivity contribution in [3.8, 4) is 0 Å². The van der Waals surface area contributed by atoms with E-state index in [0.717, 1.165) is 26.4 Å². The van der Waals surface area contributed by atoms with E-state index >= 15 is 0 Å². The normalized spacial score (nSPS) is 32.6. The fraction of sp³-hybridized carbons (Fsp3) is 0.520. The van der Waals surface area contributed by atoms with Gasteiger partial charge in [-0.3, -0.25) is 24.1 Å². The molecule has 2 saturated carbocycles. The molecule has 2 aromatic rings. The standard InChI is InChI=1S/C25H25BrN2O5S2/c26-12-7-5-11(6-8-12)16-17-13-10-14(20(17)34-22-21(16)35-25(33)27-22)19-18(13)23(31)28(24(19)32)9-3-1-2-4-15(29)30/h5-8,13-14,16-20H,1-4,9-10H2,(H,27,33)(H,29,30). The summed E-state index contributed by atoms with van der Waals surface area (Å²) in [5.41, 5.74) is 1.15. The van der Waals surface area contributed by atoms with Crippen LogP contribution in [0.4, 0.5) is 0 Å². The highest BCUT2D eigenvalue weighted by Gasteiger charge is 2.69. The maximum atomic E-state index is 13.5. The third-order valence-electron chi connectivity index (χ3n) is 8.32. The summed E-state index contributed by atoms with van der Waals surface area (Å²) in [7, 11) is 0. The van der Waals surface area contributed by atoms with Crippen molar-refractivity contribution in [3.05, 3.63) is 48.8 Å². The van der Waals surface area contributed by atoms with Crippen molar-refractivity contribution in [1.82, 2.24) is 9.88 Å². The molecule has 7 unspecified atom stereocenters. The summed E-state index contributed by atoms with van der Waals surface area (Å²) < 4.78 is 0.994. The number of aromatic amines is 1. The Labute approximate surface area is 218 Å². The summed E-state index contributed by atoms with van der Waals surface area (Å²) in [6.07, 6.45) is 2.88. The van der Waals surface area contributed by atoms with E-state index in [9.17, 15) is 19.2 Å². The van der Waals surface area contributed by atoms with Crippen LogP contribution in [0.2, 0.25) is 0 Å². The molecule has 0 spiro atoms. The van der Waals surface area contributed by atoms with Crippen LogP contribution >= 0.6 is 39.0 Å². The quantitative estimate of drug-likeness (QED) is 0.375. The summed E-state index contributed by atoms with van der Waals surface area (Å²) in [5.74, 6) is -0.957. The monoisotopic (exact) mass is 576 g/mol. The molecule has 1 aromatic heterocycles. The average molecular weight is 578 g/mol. The maximum Gasteiger partial charge on any atom is 0.305 e. The number of amides is 2. The first-order valence-corrected chi connectivity index (χ1v) is 14.6. The van der Waals surface area contributed by atoms with Crippen LogP contribution in [0.3, 0.4) is 0 Å². The molecule has 1 aromatic carbocycles. The van der Waals surface area contributed by atoms with E-state index in [4.69, 9.17) is 5.11 Å². The Balaban J connectivity index is 1.28. The number of carboxylic acid groups (broad SMARTS) is 1. The number of hydrogen-bond donors (Lipinski definition) is 2. The molecule has 1 saturated heterocycles. The van der Waals surface area contributed by atoms with Gasteiger partial charge in [-0.25, -0.2) is 0 Å². The molecule has 7 atom stereocenters. The number of aromatic nitrogens is 1. The molecule has 6 rings (SSSR count). The molecule has 2 aliphatic heterocycles. The van der Waals surface area contributed by atoms with Crippen LogP contribution in [-0.4, -0.2) is 44.6 Å². The van der Waals surface area contributed by atoms with Crippen molar-refractivity contribution in [3.63, 3.8) is 0 Å². The minimum absolute atomic E-state index is 0.0391. The van der Waals surface area contributed by atoms with Crippen molar-refractivity contribution >= 4 is 56.8 Å². The number of hydrogen-bond acceptors (Lipinski definition) is 6. The van der Waals surface area contributed by atoms with E-state index in [-0.39, 0.29) is 63.9 Å². The molecule has 2 amide bonds. The van der Waals surface area contributed by atoms with Gasteiger partial charge in [-0.1, -0.05) is 45.8 Å². The van der Waals surface area contributed by atoms with Gasteiger partial charge in [0.2, 0.25) is 11.8 Å². The number of nitrogens with one attached hydrogen (secondary N) is 1. The Hall–Kier alpha value is -1.91. The highest BCUT2D eigenvalue weighted by Crippen LogP contribution is 2.68. The largest absolute Gasteiger partial charge is 0.481 e. The zero-order valence-corrected chi connectivity index (χ0v) is 22.0. The molecule has 10 heteroatoms. The highest BCUT2D eigenvalue weighted by atomic mass is 79.9. The number of nitrogens with zero attached hydrogens (tertiary/aromatic N) is 1. The van der Waals surface area contributed by atoms with Gasteiger partial charge in [0.15, 0.2) is 0 Å². The van der Waals surface area contributed by atoms with E-state index in [1.54, 1.807) is 11.8 Å². The number of carboxylic acids is 1. The third kappa shape index (κ3) is 3.74. The van der Waals surface area contributed by atoms with E-state index in [1.165, 1.54) is 16.2 Å². The number of carbonyl (C=O) groups excluding carboxylic acids is 2. The minimum atomic E-state index is -0.820. The molecule has 2 aliphatic carbocycles. The summed E-state index contributed by atoms with van der Waals surface area (Å²) in [4.78, 5) is 55.5. The van der Waals surface area contributed by atoms with Gasteiger partial charge in [0.1, 0.15) is 0 Å². The van der Waals surface area contributed by atoms with Gasteiger partial charge in [0, 0.05) is 33.5 Å². The Morgan fingerprint density at radius 3 is 2.49 bits per heavy atom. The number of thioether (sulfide) groups is 1. The molecular formula is C25H25BrN2O5S2. The van der Waals surface area contributed by atoms with E-state index in [0.29, 0.717) is 25.8 Å². The highest BCUT2D eigenvalue weighted by molar-refractivity contribution is 9.10. The fourth-order valence-corrected chi connectivity index (χ4v) is 10.2. The molecular weight excluding hydrogens is 552 g/mol. The predicted molar refractivity (Wildman–Crippen MR) is 135 cm³/mol. The Morgan fingerprint density at radius 2 is 1.77 bits per heavy atom. The fourth-order valence-electron chi connectivity index (χ4n) is 7.07. The van der Waals surface area contributed by atoms with Gasteiger partial charge in [-0.05, 0) is 54.7 Å². The number of aliphatic carboxylic acids is 1. The molecule has 184 valence electrons. The van der Waals surface area contributed by atoms with Crippen LogP contribution in [0.1, 0.15) is 48.5 Å². The summed E-state index contributed by atoms with van der Waals surface area (Å²) in [5, 5.41) is 9.94. The van der Waals surface area contributed by atoms with E-state index in [2.05, 4.69) is 33.0 Å². The van der Waals surface area contributed by atoms with Gasteiger partial charge < -0.3 is 10.1 Å². The number of rotatable bonds is 7. The Bertz CT molecular complexity index is 1260. The van der Waals surface area contributed by atoms with Crippen LogP contribution in [0.15, 0.2) is 38.6 Å². The Kier molecular flexibility index (Phi) is 5.96. The van der Waals surface area contributed by atoms with Crippen molar-refractivity contribution in [2.24, 2.45) is 29.6 Å². The minimum Gasteiger partial charge on any atom is -0.481 e. The third-order valence-corrected chi connectivity index (χ3v) is 11.4. The molecule has 2 bridgehead atoms. The molecule has 3 fully saturated rings. The van der Waals surface area contributed by atoms with Gasteiger partial charge in [-0.15, -0.1) is 11.8 Å². The number of H-pyrrole nitrogens is 1. The van der Waals surface area contributed by atoms with Crippen LogP contribution in [-0.2, 0) is 14.4 Å². The zero-order valence-electron chi connectivity index (χ0n) is 18.8. The van der Waals surface area contributed by atoms with Crippen molar-refractivity contribution in [2.75, 3.05) is 6.54 Å². The van der Waals surface area contributed by atoms with E-state index in [1.807, 2.05) is 12.1 Å². The number of benzene rings is 1. The molecule has 7 nitrogen and oxygen atoms in total. The van der Waals surface area contributed by atoms with Gasteiger partial charge in [0.05, 0.1) is 16.9 Å². The molecule has 3 heterocycles. The number of likely N-dealkylation sites (tertiary alicyclic amines) is 1. The zero-order chi connectivity index (χ0) is 24.4. The number of thiazole rings is 1. The lowest BCUT2D eigenvalue weighted by atomic mass is 9.68. The first-order valence-electron chi connectivity index (χ1n) is 12.1. The first kappa shape index (κ1) is 23.5. The molecule has 35 heavy (non-hydrogen) atoms. The topological polar surface area (TPSA) is 108 Å². The van der Waals surface area contributed by atoms with Crippen molar-refractivity contribution in [2.45, 2.75) is 48.3 Å². The van der Waals surface area contributed by atoms with Crippen molar-refractivity contribution < 1.29 is 19.5 Å². The van der Waals surface area contributed by atoms with Crippen LogP contribution in [0.5, 0.6) is 0 Å². The second kappa shape index (κ2) is 8.88. The predicted octanol–water partition coefficient (Wildman–Crippen LogP) is 4.32.